The van der Waals surface area contributed by atoms with Crippen molar-refractivity contribution in [2.75, 3.05) is 33.2 Å². The molecule has 2 rings (SSSR count). The summed E-state index contributed by atoms with van der Waals surface area (Å²) in [6, 6.07) is 0.407. The fourth-order valence-electron chi connectivity index (χ4n) is 3.52. The predicted molar refractivity (Wildman–Crippen MR) is 66.4 cm³/mol. The molecule has 1 aliphatic carbocycles. The van der Waals surface area contributed by atoms with Crippen LogP contribution < -0.4 is 0 Å². The summed E-state index contributed by atoms with van der Waals surface area (Å²) in [4.78, 5) is 4.89. The lowest BCUT2D eigenvalue weighted by Crippen LogP contribution is -2.57. The number of hydrogen-bond donors (Lipinski definition) is 1. The molecule has 0 radical (unpaired) electrons. The molecule has 0 aromatic heterocycles. The Kier molecular flexibility index (Phi) is 3.88. The third kappa shape index (κ3) is 2.58. The van der Waals surface area contributed by atoms with Crippen molar-refractivity contribution in [1.82, 2.24) is 9.80 Å². The van der Waals surface area contributed by atoms with Crippen LogP contribution in [-0.2, 0) is 0 Å². The lowest BCUT2D eigenvalue weighted by molar-refractivity contribution is -0.0386. The highest BCUT2D eigenvalue weighted by Gasteiger charge is 2.37. The lowest BCUT2D eigenvalue weighted by Gasteiger charge is -2.46. The largest absolute Gasteiger partial charge is 0.391 e. The van der Waals surface area contributed by atoms with Gasteiger partial charge in [0.05, 0.1) is 6.10 Å². The summed E-state index contributed by atoms with van der Waals surface area (Å²) < 4.78 is 0. The van der Waals surface area contributed by atoms with Crippen LogP contribution in [0, 0.1) is 11.8 Å². The Morgan fingerprint density at radius 1 is 1.00 bits per heavy atom. The van der Waals surface area contributed by atoms with Gasteiger partial charge < -0.3 is 10.0 Å². The summed E-state index contributed by atoms with van der Waals surface area (Å²) in [5.74, 6) is 1.33. The van der Waals surface area contributed by atoms with E-state index in [0.717, 1.165) is 32.6 Å². The average Bonchev–Trinajstić information content (AvgIpc) is 2.19. The molecule has 4 atom stereocenters. The monoisotopic (exact) mass is 226 g/mol. The fourth-order valence-corrected chi connectivity index (χ4v) is 3.52. The number of aliphatic hydroxyl groups is 1. The summed E-state index contributed by atoms with van der Waals surface area (Å²) in [5.41, 5.74) is 0. The second-order valence-corrected chi connectivity index (χ2v) is 5.95. The number of nitrogens with zero attached hydrogens (tertiary/aromatic N) is 2. The smallest absolute Gasteiger partial charge is 0.0700 e. The molecule has 1 saturated carbocycles. The number of hydrogen-bond acceptors (Lipinski definition) is 3. The van der Waals surface area contributed by atoms with Crippen LogP contribution in [0.2, 0.25) is 0 Å². The highest BCUT2D eigenvalue weighted by atomic mass is 16.3. The normalized spacial score (nSPS) is 43.5. The Hall–Kier alpha value is -0.120. The van der Waals surface area contributed by atoms with Gasteiger partial charge in [-0.1, -0.05) is 13.8 Å². The third-order valence-electron chi connectivity index (χ3n) is 4.35. The van der Waals surface area contributed by atoms with Gasteiger partial charge in [0.2, 0.25) is 0 Å². The van der Waals surface area contributed by atoms with E-state index in [1.54, 1.807) is 0 Å². The van der Waals surface area contributed by atoms with E-state index in [-0.39, 0.29) is 6.10 Å². The Labute approximate surface area is 99.4 Å². The summed E-state index contributed by atoms with van der Waals surface area (Å²) in [6.07, 6.45) is 2.15. The Bertz CT molecular complexity index is 214. The predicted octanol–water partition coefficient (Wildman–Crippen LogP) is 1.03. The molecule has 0 bridgehead atoms. The topological polar surface area (TPSA) is 26.7 Å². The molecule has 3 heteroatoms. The molecule has 0 aromatic rings. The van der Waals surface area contributed by atoms with E-state index in [1.807, 2.05) is 0 Å². The molecule has 1 heterocycles. The first-order chi connectivity index (χ1) is 7.58. The fraction of sp³-hybridized carbons (Fsp3) is 1.00. The maximum Gasteiger partial charge on any atom is 0.0700 e. The second kappa shape index (κ2) is 5.03. The first kappa shape index (κ1) is 12.3. The van der Waals surface area contributed by atoms with Crippen molar-refractivity contribution in [1.29, 1.82) is 0 Å². The Morgan fingerprint density at radius 2 is 1.62 bits per heavy atom. The van der Waals surface area contributed by atoms with Crippen molar-refractivity contribution in [3.05, 3.63) is 0 Å². The highest BCUT2D eigenvalue weighted by Crippen LogP contribution is 2.32. The van der Waals surface area contributed by atoms with E-state index in [9.17, 15) is 5.11 Å². The Morgan fingerprint density at radius 3 is 2.19 bits per heavy atom. The maximum absolute atomic E-state index is 10.3. The molecule has 3 nitrogen and oxygen atoms in total. The quantitative estimate of drug-likeness (QED) is 0.723. The van der Waals surface area contributed by atoms with E-state index in [1.165, 1.54) is 6.42 Å². The second-order valence-electron chi connectivity index (χ2n) is 5.95. The van der Waals surface area contributed by atoms with Gasteiger partial charge >= 0.3 is 0 Å². The molecule has 0 amide bonds. The summed E-state index contributed by atoms with van der Waals surface area (Å²) in [7, 11) is 2.18. The van der Waals surface area contributed by atoms with E-state index in [4.69, 9.17) is 0 Å². The van der Waals surface area contributed by atoms with Gasteiger partial charge in [-0.2, -0.15) is 0 Å². The van der Waals surface area contributed by atoms with Crippen LogP contribution in [-0.4, -0.2) is 60.3 Å². The van der Waals surface area contributed by atoms with Crippen molar-refractivity contribution in [2.45, 2.75) is 38.8 Å². The van der Waals surface area contributed by atoms with Crippen LogP contribution in [0.15, 0.2) is 0 Å². The SMILES string of the molecule is CC1CC(C)C(N2CCN(C)CC2)C(O)C1. The molecule has 16 heavy (non-hydrogen) atoms. The molecular formula is C13H26N2O. The van der Waals surface area contributed by atoms with Crippen molar-refractivity contribution in [3.63, 3.8) is 0 Å². The summed E-state index contributed by atoms with van der Waals surface area (Å²) in [5, 5.41) is 10.3. The number of aliphatic hydroxyl groups excluding tert-OH is 1. The number of rotatable bonds is 1. The molecule has 2 aliphatic rings. The molecular weight excluding hydrogens is 200 g/mol. The van der Waals surface area contributed by atoms with Crippen LogP contribution in [0.25, 0.3) is 0 Å². The zero-order valence-corrected chi connectivity index (χ0v) is 10.9. The number of piperazine rings is 1. The molecule has 1 aliphatic heterocycles. The molecule has 4 unspecified atom stereocenters. The first-order valence-electron chi connectivity index (χ1n) is 6.68. The van der Waals surface area contributed by atoms with Gasteiger partial charge in [0.25, 0.3) is 0 Å². The standard InChI is InChI=1S/C13H26N2O/c1-10-8-11(2)13(12(16)9-10)15-6-4-14(3)5-7-15/h10-13,16H,4-9H2,1-3H3. The van der Waals surface area contributed by atoms with Gasteiger partial charge in [0, 0.05) is 32.2 Å². The zero-order chi connectivity index (χ0) is 11.7. The van der Waals surface area contributed by atoms with Gasteiger partial charge in [-0.3, -0.25) is 4.90 Å². The third-order valence-corrected chi connectivity index (χ3v) is 4.35. The average molecular weight is 226 g/mol. The highest BCUT2D eigenvalue weighted by molar-refractivity contribution is 4.91. The van der Waals surface area contributed by atoms with Gasteiger partial charge in [-0.05, 0) is 31.7 Å². The molecule has 0 aromatic carbocycles. The van der Waals surface area contributed by atoms with Crippen molar-refractivity contribution in [2.24, 2.45) is 11.8 Å². The van der Waals surface area contributed by atoms with E-state index in [2.05, 4.69) is 30.7 Å². The van der Waals surface area contributed by atoms with Gasteiger partial charge in [0.1, 0.15) is 0 Å². The van der Waals surface area contributed by atoms with Crippen LogP contribution in [0.3, 0.4) is 0 Å². The van der Waals surface area contributed by atoms with Crippen LogP contribution in [0.4, 0.5) is 0 Å². The van der Waals surface area contributed by atoms with Gasteiger partial charge in [-0.15, -0.1) is 0 Å². The lowest BCUT2D eigenvalue weighted by atomic mass is 9.77. The van der Waals surface area contributed by atoms with E-state index >= 15 is 0 Å². The molecule has 1 N–H and O–H groups in total. The van der Waals surface area contributed by atoms with Crippen molar-refractivity contribution in [3.8, 4) is 0 Å². The summed E-state index contributed by atoms with van der Waals surface area (Å²) in [6.45, 7) is 9.10. The van der Waals surface area contributed by atoms with Gasteiger partial charge in [-0.25, -0.2) is 0 Å². The van der Waals surface area contributed by atoms with Gasteiger partial charge in [0.15, 0.2) is 0 Å². The zero-order valence-electron chi connectivity index (χ0n) is 10.9. The molecule has 1 saturated heterocycles. The first-order valence-corrected chi connectivity index (χ1v) is 6.68. The van der Waals surface area contributed by atoms with E-state index in [0.29, 0.717) is 17.9 Å². The summed E-state index contributed by atoms with van der Waals surface area (Å²) >= 11 is 0. The molecule has 2 fully saturated rings. The van der Waals surface area contributed by atoms with Crippen molar-refractivity contribution >= 4 is 0 Å². The Balaban J connectivity index is 1.97. The van der Waals surface area contributed by atoms with Crippen LogP contribution in [0.5, 0.6) is 0 Å². The minimum absolute atomic E-state index is 0.109. The minimum Gasteiger partial charge on any atom is -0.391 e. The van der Waals surface area contributed by atoms with Crippen LogP contribution >= 0.6 is 0 Å². The maximum atomic E-state index is 10.3. The minimum atomic E-state index is -0.109. The molecule has 94 valence electrons. The van der Waals surface area contributed by atoms with Crippen molar-refractivity contribution < 1.29 is 5.11 Å². The molecule has 0 spiro atoms. The number of likely N-dealkylation sites (N-methyl/N-ethyl adjacent to an activating group) is 1. The van der Waals surface area contributed by atoms with E-state index < -0.39 is 0 Å². The van der Waals surface area contributed by atoms with Crippen LogP contribution in [0.1, 0.15) is 26.7 Å².